The van der Waals surface area contributed by atoms with Gasteiger partial charge in [0.05, 0.1) is 19.6 Å². The van der Waals surface area contributed by atoms with Crippen molar-refractivity contribution in [2.75, 3.05) is 19.8 Å². The first-order valence-electron chi connectivity index (χ1n) is 7.49. The predicted molar refractivity (Wildman–Crippen MR) is 74.3 cm³/mol. The summed E-state index contributed by atoms with van der Waals surface area (Å²) >= 11 is 0. The van der Waals surface area contributed by atoms with Crippen LogP contribution < -0.4 is 5.32 Å². The summed E-state index contributed by atoms with van der Waals surface area (Å²) in [6.45, 7) is 4.08. The van der Waals surface area contributed by atoms with Gasteiger partial charge in [-0.3, -0.25) is 9.59 Å². The number of hydrogen-bond acceptors (Lipinski definition) is 3. The second-order valence-corrected chi connectivity index (χ2v) is 6.89. The van der Waals surface area contributed by atoms with Crippen molar-refractivity contribution in [3.8, 4) is 0 Å². The summed E-state index contributed by atoms with van der Waals surface area (Å²) in [7, 11) is 0. The normalized spacial score (nSPS) is 23.6. The Bertz CT molecular complexity index is 370. The van der Waals surface area contributed by atoms with Gasteiger partial charge >= 0.3 is 5.97 Å². The molecule has 2 N–H and O–H groups in total. The van der Waals surface area contributed by atoms with Crippen molar-refractivity contribution in [1.29, 1.82) is 0 Å². The maximum absolute atomic E-state index is 12.1. The van der Waals surface area contributed by atoms with Gasteiger partial charge in [0, 0.05) is 18.4 Å². The molecule has 0 bridgehead atoms. The quantitative estimate of drug-likeness (QED) is 0.781. The van der Waals surface area contributed by atoms with E-state index in [4.69, 9.17) is 9.84 Å². The van der Waals surface area contributed by atoms with E-state index in [-0.39, 0.29) is 23.2 Å². The van der Waals surface area contributed by atoms with Crippen LogP contribution in [0.25, 0.3) is 0 Å². The molecule has 0 aromatic carbocycles. The Kier molecular flexibility index (Phi) is 4.68. The molecule has 0 atom stereocenters. The number of carbonyl (C=O) groups is 2. The van der Waals surface area contributed by atoms with Crippen molar-refractivity contribution in [3.05, 3.63) is 0 Å². The molecule has 5 nitrogen and oxygen atoms in total. The second kappa shape index (κ2) is 6.12. The van der Waals surface area contributed by atoms with Gasteiger partial charge in [0.25, 0.3) is 0 Å². The van der Waals surface area contributed by atoms with Crippen LogP contribution in [0, 0.1) is 10.8 Å². The molecule has 1 heterocycles. The summed E-state index contributed by atoms with van der Waals surface area (Å²) in [5.74, 6) is -0.805. The van der Waals surface area contributed by atoms with E-state index < -0.39 is 5.97 Å². The van der Waals surface area contributed by atoms with Gasteiger partial charge in [-0.2, -0.15) is 0 Å². The van der Waals surface area contributed by atoms with E-state index in [0.717, 1.165) is 32.1 Å². The number of nitrogens with one attached hydrogen (secondary N) is 1. The van der Waals surface area contributed by atoms with E-state index in [1.807, 2.05) is 0 Å². The Labute approximate surface area is 120 Å². The number of carboxylic acid groups (broad SMARTS) is 1. The SMILES string of the molecule is CC1(CNC(=O)CC2(CC(=O)O)CCCCC2)COC1. The molecule has 0 unspecified atom stereocenters. The van der Waals surface area contributed by atoms with Crippen LogP contribution in [-0.2, 0) is 14.3 Å². The maximum Gasteiger partial charge on any atom is 0.303 e. The molecule has 20 heavy (non-hydrogen) atoms. The summed E-state index contributed by atoms with van der Waals surface area (Å²) in [5.41, 5.74) is -0.270. The lowest BCUT2D eigenvalue weighted by Gasteiger charge is -2.39. The van der Waals surface area contributed by atoms with Crippen LogP contribution in [0.1, 0.15) is 51.9 Å². The average molecular weight is 283 g/mol. The fraction of sp³-hybridized carbons (Fsp3) is 0.867. The van der Waals surface area contributed by atoms with Crippen molar-refractivity contribution >= 4 is 11.9 Å². The Hall–Kier alpha value is -1.10. The third kappa shape index (κ3) is 3.95. The molecular formula is C15H25NO4. The van der Waals surface area contributed by atoms with E-state index in [0.29, 0.717) is 26.2 Å². The monoisotopic (exact) mass is 283 g/mol. The zero-order chi connectivity index (χ0) is 14.6. The Morgan fingerprint density at radius 3 is 2.30 bits per heavy atom. The van der Waals surface area contributed by atoms with Crippen molar-refractivity contribution in [1.82, 2.24) is 5.32 Å². The fourth-order valence-corrected chi connectivity index (χ4v) is 3.31. The molecule has 0 aromatic heterocycles. The van der Waals surface area contributed by atoms with Crippen molar-refractivity contribution in [2.45, 2.75) is 51.9 Å². The highest BCUT2D eigenvalue weighted by Crippen LogP contribution is 2.42. The Balaban J connectivity index is 1.86. The molecule has 0 radical (unpaired) electrons. The predicted octanol–water partition coefficient (Wildman–Crippen LogP) is 1.95. The molecule has 5 heteroatoms. The smallest absolute Gasteiger partial charge is 0.303 e. The molecule has 0 aromatic rings. The van der Waals surface area contributed by atoms with E-state index >= 15 is 0 Å². The summed E-state index contributed by atoms with van der Waals surface area (Å²) in [4.78, 5) is 23.2. The van der Waals surface area contributed by atoms with Crippen LogP contribution in [0.3, 0.4) is 0 Å². The van der Waals surface area contributed by atoms with Crippen molar-refractivity contribution < 1.29 is 19.4 Å². The lowest BCUT2D eigenvalue weighted by Crippen LogP contribution is -2.49. The van der Waals surface area contributed by atoms with Crippen molar-refractivity contribution in [3.63, 3.8) is 0 Å². The first-order valence-corrected chi connectivity index (χ1v) is 7.49. The number of carbonyl (C=O) groups excluding carboxylic acids is 1. The molecule has 2 rings (SSSR count). The second-order valence-electron chi connectivity index (χ2n) is 6.89. The van der Waals surface area contributed by atoms with Crippen LogP contribution in [-0.4, -0.2) is 36.7 Å². The van der Waals surface area contributed by atoms with Crippen LogP contribution in [0.2, 0.25) is 0 Å². The third-order valence-corrected chi connectivity index (χ3v) is 4.59. The summed E-state index contributed by atoms with van der Waals surface area (Å²) < 4.78 is 5.16. The summed E-state index contributed by atoms with van der Waals surface area (Å²) in [5, 5.41) is 12.1. The molecule has 2 aliphatic rings. The molecule has 2 fully saturated rings. The van der Waals surface area contributed by atoms with E-state index in [9.17, 15) is 9.59 Å². The topological polar surface area (TPSA) is 75.6 Å². The number of hydrogen-bond donors (Lipinski definition) is 2. The lowest BCUT2D eigenvalue weighted by molar-refractivity contribution is -0.141. The van der Waals surface area contributed by atoms with Crippen molar-refractivity contribution in [2.24, 2.45) is 10.8 Å². The Morgan fingerprint density at radius 1 is 1.15 bits per heavy atom. The largest absolute Gasteiger partial charge is 0.481 e. The van der Waals surface area contributed by atoms with E-state index in [2.05, 4.69) is 12.2 Å². The molecule has 1 aliphatic carbocycles. The average Bonchev–Trinajstić information content (AvgIpc) is 2.34. The van der Waals surface area contributed by atoms with Crippen LogP contribution >= 0.6 is 0 Å². The van der Waals surface area contributed by atoms with Crippen LogP contribution in [0.4, 0.5) is 0 Å². The first-order chi connectivity index (χ1) is 9.43. The van der Waals surface area contributed by atoms with Gasteiger partial charge in [-0.15, -0.1) is 0 Å². The van der Waals surface area contributed by atoms with Gasteiger partial charge in [0.1, 0.15) is 0 Å². The summed E-state index contributed by atoms with van der Waals surface area (Å²) in [6, 6.07) is 0. The highest BCUT2D eigenvalue weighted by Gasteiger charge is 2.38. The van der Waals surface area contributed by atoms with Gasteiger partial charge in [0.15, 0.2) is 0 Å². The first kappa shape index (κ1) is 15.3. The minimum atomic E-state index is -0.793. The van der Waals surface area contributed by atoms with Gasteiger partial charge in [-0.1, -0.05) is 26.2 Å². The van der Waals surface area contributed by atoms with Gasteiger partial charge in [-0.05, 0) is 18.3 Å². The Morgan fingerprint density at radius 2 is 1.80 bits per heavy atom. The van der Waals surface area contributed by atoms with E-state index in [1.54, 1.807) is 0 Å². The molecule has 1 saturated heterocycles. The molecular weight excluding hydrogens is 258 g/mol. The molecule has 0 spiro atoms. The zero-order valence-electron chi connectivity index (χ0n) is 12.2. The summed E-state index contributed by atoms with van der Waals surface area (Å²) in [6.07, 6.45) is 5.38. The van der Waals surface area contributed by atoms with Gasteiger partial charge < -0.3 is 15.2 Å². The lowest BCUT2D eigenvalue weighted by atomic mass is 9.69. The standard InChI is InChI=1S/C15H25NO4/c1-14(10-20-11-14)9-16-12(17)7-15(8-13(18)19)5-3-2-4-6-15/h2-11H2,1H3,(H,16,17)(H,18,19). The minimum absolute atomic E-state index is 0.0127. The van der Waals surface area contributed by atoms with Gasteiger partial charge in [-0.25, -0.2) is 0 Å². The number of carboxylic acids is 1. The number of ether oxygens (including phenoxy) is 1. The molecule has 1 amide bonds. The number of aliphatic carboxylic acids is 1. The minimum Gasteiger partial charge on any atom is -0.481 e. The van der Waals surface area contributed by atoms with E-state index in [1.165, 1.54) is 0 Å². The number of rotatable bonds is 6. The molecule has 1 aliphatic heterocycles. The molecule has 1 saturated carbocycles. The van der Waals surface area contributed by atoms with Gasteiger partial charge in [0.2, 0.25) is 5.91 Å². The number of amides is 1. The van der Waals surface area contributed by atoms with Crippen LogP contribution in [0.5, 0.6) is 0 Å². The third-order valence-electron chi connectivity index (χ3n) is 4.59. The van der Waals surface area contributed by atoms with Crippen LogP contribution in [0.15, 0.2) is 0 Å². The molecule has 114 valence electrons. The zero-order valence-corrected chi connectivity index (χ0v) is 12.2. The fourth-order valence-electron chi connectivity index (χ4n) is 3.31. The highest BCUT2D eigenvalue weighted by atomic mass is 16.5. The maximum atomic E-state index is 12.1. The highest BCUT2D eigenvalue weighted by molar-refractivity contribution is 5.78.